The minimum atomic E-state index is -0.146. The zero-order chi connectivity index (χ0) is 12.8. The maximum atomic E-state index is 11.8. The van der Waals surface area contributed by atoms with Crippen LogP contribution in [-0.4, -0.2) is 10.9 Å². The summed E-state index contributed by atoms with van der Waals surface area (Å²) in [7, 11) is 0. The lowest BCUT2D eigenvalue weighted by Gasteiger charge is -1.99. The highest BCUT2D eigenvalue weighted by Crippen LogP contribution is 2.16. The SMILES string of the molecule is O=C(CC(=O)c1ccccc1)SCc1ccco1. The summed E-state index contributed by atoms with van der Waals surface area (Å²) in [5.74, 6) is 1.06. The monoisotopic (exact) mass is 260 g/mol. The van der Waals surface area contributed by atoms with Gasteiger partial charge in [-0.3, -0.25) is 9.59 Å². The predicted molar refractivity (Wildman–Crippen MR) is 70.4 cm³/mol. The summed E-state index contributed by atoms with van der Waals surface area (Å²) in [6.07, 6.45) is 1.49. The van der Waals surface area contributed by atoms with Crippen molar-refractivity contribution in [2.75, 3.05) is 0 Å². The summed E-state index contributed by atoms with van der Waals surface area (Å²) in [5, 5.41) is -0.139. The third-order valence-corrected chi connectivity index (χ3v) is 3.25. The van der Waals surface area contributed by atoms with Crippen molar-refractivity contribution in [3.8, 4) is 0 Å². The van der Waals surface area contributed by atoms with E-state index in [9.17, 15) is 9.59 Å². The normalized spacial score (nSPS) is 10.2. The Kier molecular flexibility index (Phi) is 4.36. The van der Waals surface area contributed by atoms with Gasteiger partial charge in [0.2, 0.25) is 0 Å². The molecule has 3 nitrogen and oxygen atoms in total. The second-order valence-electron chi connectivity index (χ2n) is 3.71. The van der Waals surface area contributed by atoms with Gasteiger partial charge in [-0.15, -0.1) is 0 Å². The topological polar surface area (TPSA) is 47.3 Å². The molecule has 0 saturated carbocycles. The van der Waals surface area contributed by atoms with E-state index in [1.807, 2.05) is 6.07 Å². The molecular formula is C14H12O3S. The molecule has 1 heterocycles. The number of hydrogen-bond donors (Lipinski definition) is 0. The second-order valence-corrected chi connectivity index (χ2v) is 4.74. The number of furan rings is 1. The van der Waals surface area contributed by atoms with E-state index in [0.717, 1.165) is 17.5 Å². The number of carbonyl (C=O) groups excluding carboxylic acids is 2. The molecule has 1 aromatic heterocycles. The van der Waals surface area contributed by atoms with E-state index in [1.165, 1.54) is 0 Å². The Morgan fingerprint density at radius 3 is 2.50 bits per heavy atom. The quantitative estimate of drug-likeness (QED) is 0.611. The van der Waals surface area contributed by atoms with Crippen LogP contribution in [0.15, 0.2) is 53.1 Å². The maximum Gasteiger partial charge on any atom is 0.197 e. The van der Waals surface area contributed by atoms with Crippen molar-refractivity contribution in [2.45, 2.75) is 12.2 Å². The molecule has 0 bridgehead atoms. The fraction of sp³-hybridized carbons (Fsp3) is 0.143. The van der Waals surface area contributed by atoms with E-state index in [-0.39, 0.29) is 17.3 Å². The van der Waals surface area contributed by atoms with Gasteiger partial charge in [-0.1, -0.05) is 42.1 Å². The van der Waals surface area contributed by atoms with Gasteiger partial charge >= 0.3 is 0 Å². The van der Waals surface area contributed by atoms with Gasteiger partial charge in [0, 0.05) is 5.56 Å². The molecule has 0 amide bonds. The van der Waals surface area contributed by atoms with Crippen LogP contribution in [0.2, 0.25) is 0 Å². The Morgan fingerprint density at radius 2 is 1.83 bits per heavy atom. The number of hydrogen-bond acceptors (Lipinski definition) is 4. The van der Waals surface area contributed by atoms with Crippen LogP contribution in [0.3, 0.4) is 0 Å². The third kappa shape index (κ3) is 3.60. The minimum absolute atomic E-state index is 0.0740. The van der Waals surface area contributed by atoms with Crippen molar-refractivity contribution >= 4 is 22.7 Å². The standard InChI is InChI=1S/C14H12O3S/c15-13(11-5-2-1-3-6-11)9-14(16)18-10-12-7-4-8-17-12/h1-8H,9-10H2. The van der Waals surface area contributed by atoms with Crippen LogP contribution in [0.4, 0.5) is 0 Å². The van der Waals surface area contributed by atoms with Crippen molar-refractivity contribution in [1.82, 2.24) is 0 Å². The van der Waals surface area contributed by atoms with Gasteiger partial charge in [0.1, 0.15) is 5.76 Å². The largest absolute Gasteiger partial charge is 0.468 e. The van der Waals surface area contributed by atoms with Gasteiger partial charge in [0.25, 0.3) is 0 Å². The molecule has 0 saturated heterocycles. The van der Waals surface area contributed by atoms with E-state index in [4.69, 9.17) is 4.42 Å². The van der Waals surface area contributed by atoms with Gasteiger partial charge in [0.15, 0.2) is 10.9 Å². The van der Waals surface area contributed by atoms with E-state index >= 15 is 0 Å². The zero-order valence-electron chi connectivity index (χ0n) is 9.67. The van der Waals surface area contributed by atoms with Gasteiger partial charge in [-0.25, -0.2) is 0 Å². The molecule has 0 spiro atoms. The molecule has 0 aliphatic rings. The molecular weight excluding hydrogens is 248 g/mol. The fourth-order valence-electron chi connectivity index (χ4n) is 1.45. The zero-order valence-corrected chi connectivity index (χ0v) is 10.5. The van der Waals surface area contributed by atoms with Crippen molar-refractivity contribution in [3.05, 3.63) is 60.1 Å². The molecule has 0 aliphatic carbocycles. The molecule has 1 aromatic carbocycles. The molecule has 0 N–H and O–H groups in total. The van der Waals surface area contributed by atoms with Gasteiger partial charge < -0.3 is 4.42 Å². The smallest absolute Gasteiger partial charge is 0.197 e. The molecule has 18 heavy (non-hydrogen) atoms. The lowest BCUT2D eigenvalue weighted by molar-refractivity contribution is -0.110. The summed E-state index contributed by atoms with van der Waals surface area (Å²) in [4.78, 5) is 23.4. The van der Waals surface area contributed by atoms with Crippen molar-refractivity contribution < 1.29 is 14.0 Å². The number of thioether (sulfide) groups is 1. The van der Waals surface area contributed by atoms with E-state index < -0.39 is 0 Å². The Hall–Kier alpha value is -1.81. The first-order valence-electron chi connectivity index (χ1n) is 5.52. The molecule has 92 valence electrons. The van der Waals surface area contributed by atoms with Crippen LogP contribution in [0.1, 0.15) is 22.5 Å². The number of ketones is 1. The first-order chi connectivity index (χ1) is 8.75. The van der Waals surface area contributed by atoms with Gasteiger partial charge in [-0.2, -0.15) is 0 Å². The van der Waals surface area contributed by atoms with Crippen molar-refractivity contribution in [2.24, 2.45) is 0 Å². The third-order valence-electron chi connectivity index (χ3n) is 2.36. The molecule has 0 radical (unpaired) electrons. The fourth-order valence-corrected chi connectivity index (χ4v) is 2.16. The van der Waals surface area contributed by atoms with Crippen LogP contribution in [0.5, 0.6) is 0 Å². The molecule has 0 fully saturated rings. The van der Waals surface area contributed by atoms with E-state index in [1.54, 1.807) is 42.7 Å². The summed E-state index contributed by atoms with van der Waals surface area (Å²) >= 11 is 1.10. The molecule has 2 aromatic rings. The first-order valence-corrected chi connectivity index (χ1v) is 6.50. The minimum Gasteiger partial charge on any atom is -0.468 e. The lowest BCUT2D eigenvalue weighted by Crippen LogP contribution is -2.05. The highest BCUT2D eigenvalue weighted by Gasteiger charge is 2.12. The molecule has 0 unspecified atom stereocenters. The Labute approximate surface area is 109 Å². The first kappa shape index (κ1) is 12.6. The average Bonchev–Trinajstić information content (AvgIpc) is 2.90. The molecule has 2 rings (SSSR count). The summed E-state index contributed by atoms with van der Waals surface area (Å²) in [6, 6.07) is 12.4. The molecule has 4 heteroatoms. The molecule has 0 atom stereocenters. The summed E-state index contributed by atoms with van der Waals surface area (Å²) in [6.45, 7) is 0. The number of Topliss-reactive ketones (excluding diaryl/α,β-unsaturated/α-hetero) is 1. The number of benzene rings is 1. The highest BCUT2D eigenvalue weighted by molar-refractivity contribution is 8.13. The van der Waals surface area contributed by atoms with Crippen LogP contribution in [0.25, 0.3) is 0 Å². The van der Waals surface area contributed by atoms with Gasteiger partial charge in [0.05, 0.1) is 18.4 Å². The lowest BCUT2D eigenvalue weighted by atomic mass is 10.1. The van der Waals surface area contributed by atoms with Crippen LogP contribution in [-0.2, 0) is 10.5 Å². The average molecular weight is 260 g/mol. The van der Waals surface area contributed by atoms with Crippen LogP contribution in [0, 0.1) is 0 Å². The van der Waals surface area contributed by atoms with Crippen LogP contribution < -0.4 is 0 Å². The summed E-state index contributed by atoms with van der Waals surface area (Å²) in [5.41, 5.74) is 0.574. The highest BCUT2D eigenvalue weighted by atomic mass is 32.2. The number of carbonyl (C=O) groups is 2. The Balaban J connectivity index is 1.83. The summed E-state index contributed by atoms with van der Waals surface area (Å²) < 4.78 is 5.12. The molecule has 0 aliphatic heterocycles. The second kappa shape index (κ2) is 6.21. The van der Waals surface area contributed by atoms with E-state index in [0.29, 0.717) is 11.3 Å². The Morgan fingerprint density at radius 1 is 1.06 bits per heavy atom. The van der Waals surface area contributed by atoms with Gasteiger partial charge in [-0.05, 0) is 12.1 Å². The predicted octanol–water partition coefficient (Wildman–Crippen LogP) is 3.31. The Bertz CT molecular complexity index is 517. The number of rotatable bonds is 5. The van der Waals surface area contributed by atoms with Crippen molar-refractivity contribution in [3.63, 3.8) is 0 Å². The van der Waals surface area contributed by atoms with E-state index in [2.05, 4.69) is 0 Å². The van der Waals surface area contributed by atoms with Crippen LogP contribution >= 0.6 is 11.8 Å². The van der Waals surface area contributed by atoms with Crippen molar-refractivity contribution in [1.29, 1.82) is 0 Å². The maximum absolute atomic E-state index is 11.8.